The van der Waals surface area contributed by atoms with Crippen LogP contribution in [0, 0.1) is 13.8 Å². The first-order valence-electron chi connectivity index (χ1n) is 8.03. The minimum Gasteiger partial charge on any atom is -0.456 e. The van der Waals surface area contributed by atoms with Gasteiger partial charge in [0.05, 0.1) is 6.54 Å². The lowest BCUT2D eigenvalue weighted by Gasteiger charge is -2.16. The molecule has 0 aliphatic heterocycles. The molecular formula is C16H22F2N4O4S. The first-order chi connectivity index (χ1) is 12.6. The summed E-state index contributed by atoms with van der Waals surface area (Å²) in [4.78, 5) is 44.0. The van der Waals surface area contributed by atoms with Crippen molar-refractivity contribution in [2.24, 2.45) is 0 Å². The van der Waals surface area contributed by atoms with Gasteiger partial charge < -0.3 is 15.0 Å². The molecule has 2 amide bonds. The molecule has 0 spiro atoms. The zero-order valence-corrected chi connectivity index (χ0v) is 16.4. The number of likely N-dealkylation sites (N-methyl/N-ethyl adjacent to an activating group) is 2. The summed E-state index contributed by atoms with van der Waals surface area (Å²) in [6, 6.07) is 0. The van der Waals surface area contributed by atoms with Gasteiger partial charge in [-0.1, -0.05) is 0 Å². The van der Waals surface area contributed by atoms with Crippen molar-refractivity contribution in [2.75, 3.05) is 27.2 Å². The van der Waals surface area contributed by atoms with Crippen LogP contribution in [0.2, 0.25) is 0 Å². The van der Waals surface area contributed by atoms with Gasteiger partial charge in [0, 0.05) is 31.9 Å². The highest BCUT2D eigenvalue weighted by Gasteiger charge is 2.17. The Labute approximate surface area is 160 Å². The minimum absolute atomic E-state index is 0.0151. The third-order valence-electron chi connectivity index (χ3n) is 3.62. The molecule has 1 aromatic rings. The topological polar surface area (TPSA) is 101 Å². The van der Waals surface area contributed by atoms with Crippen molar-refractivity contribution < 1.29 is 27.9 Å². The Hall–Kier alpha value is -2.30. The van der Waals surface area contributed by atoms with Crippen molar-refractivity contribution in [2.45, 2.75) is 37.6 Å². The molecule has 8 nitrogen and oxygen atoms in total. The number of rotatable bonds is 9. The molecule has 1 N–H and O–H groups in total. The van der Waals surface area contributed by atoms with Crippen LogP contribution >= 0.6 is 11.8 Å². The number of aromatic nitrogens is 2. The Balaban J connectivity index is 2.53. The van der Waals surface area contributed by atoms with E-state index < -0.39 is 24.2 Å². The molecule has 1 aromatic heterocycles. The Morgan fingerprint density at radius 3 is 2.33 bits per heavy atom. The second kappa shape index (κ2) is 10.8. The van der Waals surface area contributed by atoms with Crippen LogP contribution < -0.4 is 5.32 Å². The van der Waals surface area contributed by atoms with Crippen LogP contribution in [-0.2, 0) is 25.5 Å². The third-order valence-corrected chi connectivity index (χ3v) is 4.19. The zero-order valence-electron chi connectivity index (χ0n) is 15.5. The average molecular weight is 404 g/mol. The van der Waals surface area contributed by atoms with E-state index in [2.05, 4.69) is 15.3 Å². The Bertz CT molecular complexity index is 680. The second-order valence-corrected chi connectivity index (χ2v) is 6.57. The number of amides is 2. The Kier molecular flexibility index (Phi) is 9.06. The Morgan fingerprint density at radius 2 is 1.81 bits per heavy atom. The van der Waals surface area contributed by atoms with Gasteiger partial charge in [0.15, 0.2) is 11.8 Å². The van der Waals surface area contributed by atoms with Crippen molar-refractivity contribution in [1.29, 1.82) is 0 Å². The number of halogens is 2. The molecule has 0 aliphatic carbocycles. The van der Waals surface area contributed by atoms with Crippen molar-refractivity contribution in [3.05, 3.63) is 17.0 Å². The fourth-order valence-corrected chi connectivity index (χ4v) is 2.68. The summed E-state index contributed by atoms with van der Waals surface area (Å²) in [5.41, 5.74) is 1.70. The predicted octanol–water partition coefficient (Wildman–Crippen LogP) is 1.09. The molecule has 0 radical (unpaired) electrons. The number of esters is 1. The van der Waals surface area contributed by atoms with E-state index in [0.717, 1.165) is 4.90 Å². The molecule has 150 valence electrons. The van der Waals surface area contributed by atoms with Crippen molar-refractivity contribution in [3.63, 3.8) is 0 Å². The van der Waals surface area contributed by atoms with Gasteiger partial charge in [-0.25, -0.2) is 9.97 Å². The molecule has 0 aliphatic rings. The van der Waals surface area contributed by atoms with E-state index in [1.807, 2.05) is 0 Å². The van der Waals surface area contributed by atoms with Crippen molar-refractivity contribution in [3.8, 4) is 0 Å². The fraction of sp³-hybridized carbons (Fsp3) is 0.562. The van der Waals surface area contributed by atoms with Gasteiger partial charge in [-0.05, 0) is 37.6 Å². The molecule has 1 heterocycles. The van der Waals surface area contributed by atoms with Gasteiger partial charge in [-0.3, -0.25) is 14.4 Å². The fourth-order valence-electron chi connectivity index (χ4n) is 2.14. The monoisotopic (exact) mass is 404 g/mol. The lowest BCUT2D eigenvalue weighted by Crippen LogP contribution is -2.39. The van der Waals surface area contributed by atoms with Gasteiger partial charge in [-0.2, -0.15) is 8.78 Å². The first-order valence-corrected chi connectivity index (χ1v) is 8.91. The van der Waals surface area contributed by atoms with Gasteiger partial charge in [0.1, 0.15) is 0 Å². The van der Waals surface area contributed by atoms with E-state index in [4.69, 9.17) is 4.74 Å². The quantitative estimate of drug-likeness (QED) is 0.373. The van der Waals surface area contributed by atoms with Gasteiger partial charge in [0.25, 0.3) is 11.7 Å². The summed E-state index contributed by atoms with van der Waals surface area (Å²) in [6.07, 6.45) is 0.247. The van der Waals surface area contributed by atoms with Crippen LogP contribution in [0.5, 0.6) is 0 Å². The summed E-state index contributed by atoms with van der Waals surface area (Å²) in [6.45, 7) is 2.71. The minimum atomic E-state index is -2.61. The van der Waals surface area contributed by atoms with Gasteiger partial charge >= 0.3 is 5.97 Å². The smallest absolute Gasteiger partial charge is 0.306 e. The molecule has 0 bridgehead atoms. The summed E-state index contributed by atoms with van der Waals surface area (Å²) in [7, 11) is 2.88. The molecule has 11 heteroatoms. The average Bonchev–Trinajstić information content (AvgIpc) is 2.57. The number of carbonyl (C=O) groups excluding carboxylic acids is 3. The van der Waals surface area contributed by atoms with E-state index >= 15 is 0 Å². The summed E-state index contributed by atoms with van der Waals surface area (Å²) in [5.74, 6) is -4.04. The second-order valence-electron chi connectivity index (χ2n) is 5.62. The van der Waals surface area contributed by atoms with Crippen molar-refractivity contribution >= 4 is 29.5 Å². The SMILES string of the molecule is CNC(=O)CN(C)C(=O)COC(=O)CCc1c(C)nc(SC(F)F)nc1C. The number of nitrogens with zero attached hydrogens (tertiary/aromatic N) is 3. The molecule has 27 heavy (non-hydrogen) atoms. The maximum atomic E-state index is 12.4. The molecule has 0 saturated heterocycles. The number of ether oxygens (including phenoxy) is 1. The number of hydrogen-bond acceptors (Lipinski definition) is 7. The molecule has 0 aromatic carbocycles. The highest BCUT2D eigenvalue weighted by molar-refractivity contribution is 7.99. The maximum Gasteiger partial charge on any atom is 0.306 e. The van der Waals surface area contributed by atoms with E-state index in [1.54, 1.807) is 13.8 Å². The number of alkyl halides is 2. The predicted molar refractivity (Wildman–Crippen MR) is 94.4 cm³/mol. The van der Waals surface area contributed by atoms with Crippen LogP contribution in [0.1, 0.15) is 23.4 Å². The highest BCUT2D eigenvalue weighted by Crippen LogP contribution is 2.24. The van der Waals surface area contributed by atoms with E-state index in [0.29, 0.717) is 17.0 Å². The normalized spacial score (nSPS) is 10.6. The molecule has 0 fully saturated rings. The van der Waals surface area contributed by atoms with Crippen LogP contribution in [0.15, 0.2) is 5.16 Å². The standard InChI is InChI=1S/C16H22F2N4O4S/c1-9-11(10(2)21-16(20-9)27-15(17)18)5-6-14(25)26-8-13(24)22(4)7-12(23)19-3/h15H,5-8H2,1-4H3,(H,19,23). The third kappa shape index (κ3) is 7.85. The zero-order chi connectivity index (χ0) is 20.6. The van der Waals surface area contributed by atoms with Gasteiger partial charge in [0.2, 0.25) is 5.91 Å². The Morgan fingerprint density at radius 1 is 1.22 bits per heavy atom. The van der Waals surface area contributed by atoms with E-state index in [-0.39, 0.29) is 42.2 Å². The van der Waals surface area contributed by atoms with Gasteiger partial charge in [-0.15, -0.1) is 0 Å². The number of aryl methyl sites for hydroxylation is 2. The molecule has 0 unspecified atom stereocenters. The van der Waals surface area contributed by atoms with Crippen LogP contribution in [0.3, 0.4) is 0 Å². The summed E-state index contributed by atoms with van der Waals surface area (Å²) in [5, 5.41) is 2.37. The maximum absolute atomic E-state index is 12.4. The van der Waals surface area contributed by atoms with E-state index in [9.17, 15) is 23.2 Å². The molecule has 1 rings (SSSR count). The lowest BCUT2D eigenvalue weighted by molar-refractivity contribution is -0.151. The molecule has 0 saturated carbocycles. The lowest BCUT2D eigenvalue weighted by atomic mass is 10.1. The first kappa shape index (κ1) is 22.7. The van der Waals surface area contributed by atoms with Crippen LogP contribution in [-0.4, -0.2) is 65.7 Å². The number of thioether (sulfide) groups is 1. The van der Waals surface area contributed by atoms with Crippen molar-refractivity contribution in [1.82, 2.24) is 20.2 Å². The van der Waals surface area contributed by atoms with Crippen LogP contribution in [0.4, 0.5) is 8.78 Å². The van der Waals surface area contributed by atoms with Crippen LogP contribution in [0.25, 0.3) is 0 Å². The molecular weight excluding hydrogens is 382 g/mol. The number of hydrogen-bond donors (Lipinski definition) is 1. The number of carbonyl (C=O) groups is 3. The largest absolute Gasteiger partial charge is 0.456 e. The summed E-state index contributed by atoms with van der Waals surface area (Å²) < 4.78 is 29.7. The summed E-state index contributed by atoms with van der Waals surface area (Å²) >= 11 is 0.262. The number of nitrogens with one attached hydrogen (secondary N) is 1. The van der Waals surface area contributed by atoms with E-state index in [1.165, 1.54) is 14.1 Å². The molecule has 0 atom stereocenters. The highest BCUT2D eigenvalue weighted by atomic mass is 32.2.